The molecular weight excluding hydrogens is 352 g/mol. The Bertz CT molecular complexity index is 1040. The maximum absolute atomic E-state index is 12.6. The van der Waals surface area contributed by atoms with Crippen molar-refractivity contribution in [1.82, 2.24) is 19.5 Å². The van der Waals surface area contributed by atoms with E-state index in [1.165, 1.54) is 18.3 Å². The first-order chi connectivity index (χ1) is 12.4. The van der Waals surface area contributed by atoms with Crippen LogP contribution in [-0.2, 0) is 16.6 Å². The van der Waals surface area contributed by atoms with Crippen LogP contribution >= 0.6 is 0 Å². The van der Waals surface area contributed by atoms with Crippen molar-refractivity contribution in [2.75, 3.05) is 0 Å². The number of aromatic nitrogens is 3. The van der Waals surface area contributed by atoms with Gasteiger partial charge >= 0.3 is 0 Å². The quantitative estimate of drug-likeness (QED) is 0.742. The van der Waals surface area contributed by atoms with E-state index in [4.69, 9.17) is 0 Å². The van der Waals surface area contributed by atoms with Gasteiger partial charge in [0.05, 0.1) is 17.1 Å². The Hall–Kier alpha value is -3.00. The molecule has 26 heavy (non-hydrogen) atoms. The van der Waals surface area contributed by atoms with Gasteiger partial charge in [-0.3, -0.25) is 9.78 Å². The summed E-state index contributed by atoms with van der Waals surface area (Å²) in [4.78, 5) is 16.5. The largest absolute Gasteiger partial charge is 0.345 e. The molecule has 134 valence electrons. The first-order valence-electron chi connectivity index (χ1n) is 7.94. The minimum atomic E-state index is -3.83. The molecular formula is C18H18N4O3S. The average molecular weight is 370 g/mol. The molecule has 0 spiro atoms. The molecule has 2 aromatic heterocycles. The van der Waals surface area contributed by atoms with Crippen LogP contribution in [0.4, 0.5) is 0 Å². The lowest BCUT2D eigenvalue weighted by Crippen LogP contribution is -2.24. The number of aryl methyl sites for hydroxylation is 2. The van der Waals surface area contributed by atoms with Gasteiger partial charge in [0, 0.05) is 12.4 Å². The Morgan fingerprint density at radius 1 is 1.12 bits per heavy atom. The number of carbonyl (C=O) groups excluding carboxylic acids is 1. The molecule has 3 rings (SSSR count). The number of pyridine rings is 1. The van der Waals surface area contributed by atoms with E-state index < -0.39 is 15.9 Å². The Morgan fingerprint density at radius 3 is 2.62 bits per heavy atom. The van der Waals surface area contributed by atoms with Gasteiger partial charge in [0.15, 0.2) is 5.69 Å². The fourth-order valence-electron chi connectivity index (χ4n) is 2.31. The predicted octanol–water partition coefficient (Wildman–Crippen LogP) is 2.06. The van der Waals surface area contributed by atoms with E-state index >= 15 is 0 Å². The Balaban J connectivity index is 1.74. The van der Waals surface area contributed by atoms with E-state index in [-0.39, 0.29) is 17.1 Å². The number of amides is 1. The fraction of sp³-hybridized carbons (Fsp3) is 0.167. The molecule has 0 atom stereocenters. The van der Waals surface area contributed by atoms with E-state index in [2.05, 4.69) is 15.4 Å². The standard InChI is InChI=1S/C18H18N4O3S/c1-13-4-3-5-16(10-13)26(24,25)22-9-8-17(21-22)18(23)20-12-15-7-6-14(2)11-19-15/h3-11H,12H2,1-2H3,(H,20,23). The van der Waals surface area contributed by atoms with E-state index in [0.717, 1.165) is 15.2 Å². The van der Waals surface area contributed by atoms with E-state index in [9.17, 15) is 13.2 Å². The molecule has 0 aliphatic rings. The molecule has 8 heteroatoms. The van der Waals surface area contributed by atoms with Crippen molar-refractivity contribution < 1.29 is 13.2 Å². The number of hydrogen-bond donors (Lipinski definition) is 1. The molecule has 0 saturated heterocycles. The van der Waals surface area contributed by atoms with Crippen LogP contribution in [0.25, 0.3) is 0 Å². The molecule has 0 unspecified atom stereocenters. The molecule has 0 aliphatic heterocycles. The normalized spacial score (nSPS) is 11.3. The summed E-state index contributed by atoms with van der Waals surface area (Å²) in [7, 11) is -3.83. The van der Waals surface area contributed by atoms with Crippen LogP contribution in [0.3, 0.4) is 0 Å². The monoisotopic (exact) mass is 370 g/mol. The second-order valence-electron chi connectivity index (χ2n) is 5.90. The fourth-order valence-corrected chi connectivity index (χ4v) is 3.53. The Morgan fingerprint density at radius 2 is 1.92 bits per heavy atom. The van der Waals surface area contributed by atoms with Gasteiger partial charge in [-0.25, -0.2) is 0 Å². The molecule has 1 N–H and O–H groups in total. The van der Waals surface area contributed by atoms with Crippen molar-refractivity contribution in [2.24, 2.45) is 0 Å². The lowest BCUT2D eigenvalue weighted by molar-refractivity contribution is 0.0945. The van der Waals surface area contributed by atoms with Crippen molar-refractivity contribution in [1.29, 1.82) is 0 Å². The number of benzene rings is 1. The summed E-state index contributed by atoms with van der Waals surface area (Å²) in [5, 5.41) is 6.59. The van der Waals surface area contributed by atoms with Gasteiger partial charge in [-0.05, 0) is 49.2 Å². The zero-order chi connectivity index (χ0) is 18.7. The van der Waals surface area contributed by atoms with Crippen LogP contribution in [0.5, 0.6) is 0 Å². The summed E-state index contributed by atoms with van der Waals surface area (Å²) in [6.45, 7) is 3.97. The summed E-state index contributed by atoms with van der Waals surface area (Å²) in [6.07, 6.45) is 2.97. The van der Waals surface area contributed by atoms with E-state index in [1.54, 1.807) is 31.3 Å². The van der Waals surface area contributed by atoms with Gasteiger partial charge in [0.2, 0.25) is 0 Å². The van der Waals surface area contributed by atoms with Gasteiger partial charge < -0.3 is 5.32 Å². The van der Waals surface area contributed by atoms with Crippen LogP contribution in [0.2, 0.25) is 0 Å². The van der Waals surface area contributed by atoms with Crippen LogP contribution in [-0.4, -0.2) is 28.5 Å². The minimum absolute atomic E-state index is 0.0216. The highest BCUT2D eigenvalue weighted by Crippen LogP contribution is 2.14. The van der Waals surface area contributed by atoms with E-state index in [0.29, 0.717) is 5.69 Å². The summed E-state index contributed by atoms with van der Waals surface area (Å²) in [5.41, 5.74) is 2.58. The molecule has 0 radical (unpaired) electrons. The number of nitrogens with one attached hydrogen (secondary N) is 1. The highest BCUT2D eigenvalue weighted by Gasteiger charge is 2.20. The van der Waals surface area contributed by atoms with Gasteiger partial charge in [0.25, 0.3) is 15.9 Å². The molecule has 0 saturated carbocycles. The van der Waals surface area contributed by atoms with Crippen molar-refractivity contribution in [3.63, 3.8) is 0 Å². The van der Waals surface area contributed by atoms with Gasteiger partial charge in [-0.2, -0.15) is 17.6 Å². The molecule has 0 fully saturated rings. The third-order valence-corrected chi connectivity index (χ3v) is 5.28. The predicted molar refractivity (Wildman–Crippen MR) is 96.1 cm³/mol. The zero-order valence-corrected chi connectivity index (χ0v) is 15.2. The smallest absolute Gasteiger partial charge is 0.282 e. The average Bonchev–Trinajstić information content (AvgIpc) is 3.12. The van der Waals surface area contributed by atoms with Gasteiger partial charge in [-0.1, -0.05) is 18.2 Å². The number of hydrogen-bond acceptors (Lipinski definition) is 5. The third-order valence-electron chi connectivity index (χ3n) is 3.74. The third kappa shape index (κ3) is 3.80. The van der Waals surface area contributed by atoms with Gasteiger partial charge in [-0.15, -0.1) is 0 Å². The van der Waals surface area contributed by atoms with Crippen LogP contribution in [0.15, 0.2) is 59.8 Å². The first-order valence-corrected chi connectivity index (χ1v) is 9.38. The summed E-state index contributed by atoms with van der Waals surface area (Å²) >= 11 is 0. The summed E-state index contributed by atoms with van der Waals surface area (Å²) in [5.74, 6) is -0.467. The molecule has 7 nitrogen and oxygen atoms in total. The summed E-state index contributed by atoms with van der Waals surface area (Å²) in [6, 6.07) is 11.6. The molecule has 1 amide bonds. The lowest BCUT2D eigenvalue weighted by atomic mass is 10.2. The topological polar surface area (TPSA) is 94.0 Å². The lowest BCUT2D eigenvalue weighted by Gasteiger charge is -2.05. The second kappa shape index (κ2) is 7.09. The van der Waals surface area contributed by atoms with Gasteiger partial charge in [0.1, 0.15) is 0 Å². The molecule has 3 aromatic rings. The number of nitrogens with zero attached hydrogens (tertiary/aromatic N) is 3. The SMILES string of the molecule is Cc1ccc(CNC(=O)c2ccn(S(=O)(=O)c3cccc(C)c3)n2)nc1. The Labute approximate surface area is 151 Å². The van der Waals surface area contributed by atoms with Crippen molar-refractivity contribution >= 4 is 15.9 Å². The molecule has 2 heterocycles. The number of rotatable bonds is 5. The minimum Gasteiger partial charge on any atom is -0.345 e. The highest BCUT2D eigenvalue weighted by atomic mass is 32.2. The molecule has 1 aromatic carbocycles. The Kier molecular flexibility index (Phi) is 4.85. The van der Waals surface area contributed by atoms with Crippen LogP contribution in [0, 0.1) is 13.8 Å². The molecule has 0 bridgehead atoms. The van der Waals surface area contributed by atoms with Crippen LogP contribution in [0.1, 0.15) is 27.3 Å². The van der Waals surface area contributed by atoms with Crippen molar-refractivity contribution in [2.45, 2.75) is 25.3 Å². The van der Waals surface area contributed by atoms with E-state index in [1.807, 2.05) is 19.1 Å². The number of carbonyl (C=O) groups is 1. The van der Waals surface area contributed by atoms with Crippen molar-refractivity contribution in [3.8, 4) is 0 Å². The second-order valence-corrected chi connectivity index (χ2v) is 7.70. The molecule has 0 aliphatic carbocycles. The maximum Gasteiger partial charge on any atom is 0.282 e. The van der Waals surface area contributed by atoms with Crippen molar-refractivity contribution in [3.05, 3.63) is 77.4 Å². The highest BCUT2D eigenvalue weighted by molar-refractivity contribution is 7.89. The maximum atomic E-state index is 12.6. The zero-order valence-electron chi connectivity index (χ0n) is 14.4. The summed E-state index contributed by atoms with van der Waals surface area (Å²) < 4.78 is 26.0. The first kappa shape index (κ1) is 17.8. The van der Waals surface area contributed by atoms with Crippen LogP contribution < -0.4 is 5.32 Å².